The van der Waals surface area contributed by atoms with Crippen LogP contribution in [0.3, 0.4) is 0 Å². The second-order valence-corrected chi connectivity index (χ2v) is 3.73. The van der Waals surface area contributed by atoms with Crippen LogP contribution in [0.15, 0.2) is 36.7 Å². The fourth-order valence-electron chi connectivity index (χ4n) is 1.55. The Morgan fingerprint density at radius 1 is 1.38 bits per heavy atom. The minimum Gasteiger partial charge on any atom is -0.363 e. The average Bonchev–Trinajstić information content (AvgIpc) is 2.69. The molecule has 1 heterocycles. The van der Waals surface area contributed by atoms with E-state index in [1.165, 1.54) is 5.56 Å². The molecule has 0 fully saturated rings. The zero-order chi connectivity index (χ0) is 11.5. The fraction of sp³-hybridized carbons (Fsp3) is 0.167. The number of aryl methyl sites for hydroxylation is 1. The molecular formula is C12H13N3O. The van der Waals surface area contributed by atoms with E-state index in [1.54, 1.807) is 17.0 Å². The molecule has 0 bridgehead atoms. The predicted molar refractivity (Wildman–Crippen MR) is 61.0 cm³/mol. The zero-order valence-corrected chi connectivity index (χ0v) is 9.05. The van der Waals surface area contributed by atoms with E-state index in [2.05, 4.69) is 4.98 Å². The Morgan fingerprint density at radius 3 is 2.69 bits per heavy atom. The molecule has 0 atom stereocenters. The summed E-state index contributed by atoms with van der Waals surface area (Å²) in [5.74, 6) is -0.210. The van der Waals surface area contributed by atoms with E-state index in [0.717, 1.165) is 5.56 Å². The van der Waals surface area contributed by atoms with Crippen molar-refractivity contribution in [3.05, 3.63) is 53.6 Å². The van der Waals surface area contributed by atoms with Crippen molar-refractivity contribution in [3.8, 4) is 0 Å². The number of carbonyl (C=O) groups excluding carboxylic acids is 1. The standard InChI is InChI=1S/C12H13N3O/c1-9-2-4-10(5-3-9)8-15-7-6-14-12(15)11(13)16/h2-7H,8H2,1H3,(H2,13,16). The SMILES string of the molecule is Cc1ccc(Cn2ccnc2C(N)=O)cc1. The first-order valence-electron chi connectivity index (χ1n) is 5.03. The molecular weight excluding hydrogens is 202 g/mol. The van der Waals surface area contributed by atoms with E-state index in [1.807, 2.05) is 31.2 Å². The minimum atomic E-state index is -0.503. The molecule has 0 spiro atoms. The minimum absolute atomic E-state index is 0.292. The molecule has 2 rings (SSSR count). The molecule has 16 heavy (non-hydrogen) atoms. The highest BCUT2D eigenvalue weighted by Crippen LogP contribution is 2.07. The quantitative estimate of drug-likeness (QED) is 0.839. The summed E-state index contributed by atoms with van der Waals surface area (Å²) >= 11 is 0. The van der Waals surface area contributed by atoms with Crippen LogP contribution in [-0.4, -0.2) is 15.5 Å². The van der Waals surface area contributed by atoms with Gasteiger partial charge in [0.1, 0.15) is 0 Å². The van der Waals surface area contributed by atoms with Crippen molar-refractivity contribution in [2.24, 2.45) is 5.73 Å². The smallest absolute Gasteiger partial charge is 0.284 e. The number of hydrogen-bond donors (Lipinski definition) is 1. The van der Waals surface area contributed by atoms with Crippen molar-refractivity contribution in [1.29, 1.82) is 0 Å². The maximum atomic E-state index is 11.1. The summed E-state index contributed by atoms with van der Waals surface area (Å²) in [5, 5.41) is 0. The monoisotopic (exact) mass is 215 g/mol. The topological polar surface area (TPSA) is 60.9 Å². The molecule has 4 nitrogen and oxygen atoms in total. The van der Waals surface area contributed by atoms with E-state index in [9.17, 15) is 4.79 Å². The van der Waals surface area contributed by atoms with Gasteiger partial charge in [-0.25, -0.2) is 4.98 Å². The van der Waals surface area contributed by atoms with Crippen molar-refractivity contribution >= 4 is 5.91 Å². The van der Waals surface area contributed by atoms with Gasteiger partial charge in [-0.05, 0) is 12.5 Å². The number of carbonyl (C=O) groups is 1. The highest BCUT2D eigenvalue weighted by molar-refractivity contribution is 5.89. The van der Waals surface area contributed by atoms with E-state index in [0.29, 0.717) is 12.4 Å². The number of primary amides is 1. The molecule has 2 aromatic rings. The van der Waals surface area contributed by atoms with Crippen LogP contribution in [0, 0.1) is 6.92 Å². The molecule has 0 aliphatic rings. The predicted octanol–water partition coefficient (Wildman–Crippen LogP) is 1.34. The molecule has 0 unspecified atom stereocenters. The summed E-state index contributed by atoms with van der Waals surface area (Å²) in [7, 11) is 0. The van der Waals surface area contributed by atoms with Gasteiger partial charge in [0.2, 0.25) is 0 Å². The molecule has 0 saturated heterocycles. The Morgan fingerprint density at radius 2 is 2.06 bits per heavy atom. The third-order valence-electron chi connectivity index (χ3n) is 2.41. The van der Waals surface area contributed by atoms with Crippen molar-refractivity contribution in [3.63, 3.8) is 0 Å². The second kappa shape index (κ2) is 4.18. The van der Waals surface area contributed by atoms with Crippen LogP contribution >= 0.6 is 0 Å². The van der Waals surface area contributed by atoms with E-state index >= 15 is 0 Å². The number of amides is 1. The van der Waals surface area contributed by atoms with Crippen LogP contribution < -0.4 is 5.73 Å². The number of aromatic nitrogens is 2. The van der Waals surface area contributed by atoms with Gasteiger partial charge in [-0.1, -0.05) is 29.8 Å². The maximum Gasteiger partial charge on any atom is 0.284 e. The third-order valence-corrected chi connectivity index (χ3v) is 2.41. The number of nitrogens with zero attached hydrogens (tertiary/aromatic N) is 2. The molecule has 1 amide bonds. The molecule has 1 aromatic heterocycles. The molecule has 0 aliphatic carbocycles. The highest BCUT2D eigenvalue weighted by Gasteiger charge is 2.08. The first-order valence-corrected chi connectivity index (χ1v) is 5.03. The number of hydrogen-bond acceptors (Lipinski definition) is 2. The summed E-state index contributed by atoms with van der Waals surface area (Å²) in [6.45, 7) is 2.65. The molecule has 0 radical (unpaired) electrons. The summed E-state index contributed by atoms with van der Waals surface area (Å²) in [5.41, 5.74) is 7.54. The van der Waals surface area contributed by atoms with Gasteiger partial charge in [0.15, 0.2) is 5.82 Å². The molecule has 82 valence electrons. The maximum absolute atomic E-state index is 11.1. The lowest BCUT2D eigenvalue weighted by atomic mass is 10.1. The van der Waals surface area contributed by atoms with E-state index < -0.39 is 5.91 Å². The van der Waals surface area contributed by atoms with Gasteiger partial charge in [-0.2, -0.15) is 0 Å². The first-order chi connectivity index (χ1) is 7.66. The molecule has 0 saturated carbocycles. The number of nitrogens with two attached hydrogens (primary N) is 1. The normalized spacial score (nSPS) is 10.3. The molecule has 4 heteroatoms. The van der Waals surface area contributed by atoms with Crippen LogP contribution in [0.5, 0.6) is 0 Å². The van der Waals surface area contributed by atoms with E-state index in [4.69, 9.17) is 5.73 Å². The molecule has 0 aliphatic heterocycles. The molecule has 2 N–H and O–H groups in total. The Kier molecular flexibility index (Phi) is 2.72. The number of benzene rings is 1. The second-order valence-electron chi connectivity index (χ2n) is 3.73. The first kappa shape index (κ1) is 10.4. The van der Waals surface area contributed by atoms with E-state index in [-0.39, 0.29) is 0 Å². The number of imidazole rings is 1. The van der Waals surface area contributed by atoms with Gasteiger partial charge in [-0.15, -0.1) is 0 Å². The van der Waals surface area contributed by atoms with Crippen LogP contribution in [0.4, 0.5) is 0 Å². The summed E-state index contributed by atoms with van der Waals surface area (Å²) < 4.78 is 1.74. The Bertz CT molecular complexity index is 499. The zero-order valence-electron chi connectivity index (χ0n) is 9.05. The van der Waals surface area contributed by atoms with Crippen LogP contribution in [0.1, 0.15) is 21.7 Å². The van der Waals surface area contributed by atoms with Crippen molar-refractivity contribution in [2.45, 2.75) is 13.5 Å². The molecule has 1 aromatic carbocycles. The summed E-state index contributed by atoms with van der Waals surface area (Å²) in [4.78, 5) is 15.0. The summed E-state index contributed by atoms with van der Waals surface area (Å²) in [6, 6.07) is 8.13. The highest BCUT2D eigenvalue weighted by atomic mass is 16.1. The van der Waals surface area contributed by atoms with Gasteiger partial charge in [-0.3, -0.25) is 4.79 Å². The van der Waals surface area contributed by atoms with Gasteiger partial charge < -0.3 is 10.3 Å². The third kappa shape index (κ3) is 2.11. The largest absolute Gasteiger partial charge is 0.363 e. The Hall–Kier alpha value is -2.10. The lowest BCUT2D eigenvalue weighted by molar-refractivity contribution is 0.0987. The van der Waals surface area contributed by atoms with Crippen molar-refractivity contribution in [1.82, 2.24) is 9.55 Å². The fourth-order valence-corrected chi connectivity index (χ4v) is 1.55. The van der Waals surface area contributed by atoms with Gasteiger partial charge in [0.25, 0.3) is 5.91 Å². The van der Waals surface area contributed by atoms with Crippen LogP contribution in [0.25, 0.3) is 0 Å². The van der Waals surface area contributed by atoms with Crippen LogP contribution in [-0.2, 0) is 6.54 Å². The van der Waals surface area contributed by atoms with Gasteiger partial charge in [0, 0.05) is 18.9 Å². The van der Waals surface area contributed by atoms with Gasteiger partial charge in [0.05, 0.1) is 0 Å². The van der Waals surface area contributed by atoms with Gasteiger partial charge >= 0.3 is 0 Å². The number of rotatable bonds is 3. The average molecular weight is 215 g/mol. The van der Waals surface area contributed by atoms with Crippen molar-refractivity contribution < 1.29 is 4.79 Å². The van der Waals surface area contributed by atoms with Crippen LogP contribution in [0.2, 0.25) is 0 Å². The Balaban J connectivity index is 2.23. The summed E-state index contributed by atoms with van der Waals surface area (Å²) in [6.07, 6.45) is 3.33. The lowest BCUT2D eigenvalue weighted by Gasteiger charge is -2.05. The van der Waals surface area contributed by atoms with Crippen molar-refractivity contribution in [2.75, 3.05) is 0 Å². The lowest BCUT2D eigenvalue weighted by Crippen LogP contribution is -2.18. The Labute approximate surface area is 93.7 Å².